The fourth-order valence-corrected chi connectivity index (χ4v) is 3.75. The Morgan fingerprint density at radius 2 is 1.91 bits per heavy atom. The zero-order chi connectivity index (χ0) is 24.8. The molecule has 1 aromatic rings. The van der Waals surface area contributed by atoms with Crippen LogP contribution < -0.4 is 15.5 Å². The Bertz CT molecular complexity index is 982. The summed E-state index contributed by atoms with van der Waals surface area (Å²) in [5, 5.41) is 14.3. The highest BCUT2D eigenvalue weighted by molar-refractivity contribution is 5.97. The van der Waals surface area contributed by atoms with Crippen molar-refractivity contribution in [1.29, 1.82) is 0 Å². The number of hydrogen-bond donors (Lipinski definition) is 3. The van der Waals surface area contributed by atoms with Gasteiger partial charge in [-0.1, -0.05) is 0 Å². The maximum atomic E-state index is 13.3. The van der Waals surface area contributed by atoms with Crippen molar-refractivity contribution in [2.45, 2.75) is 37.8 Å². The molecule has 2 fully saturated rings. The van der Waals surface area contributed by atoms with Gasteiger partial charge in [0.15, 0.2) is 0 Å². The van der Waals surface area contributed by atoms with Crippen molar-refractivity contribution in [2.24, 2.45) is 0 Å². The van der Waals surface area contributed by atoms with Crippen molar-refractivity contribution in [2.75, 3.05) is 20.2 Å². The van der Waals surface area contributed by atoms with E-state index in [1.165, 1.54) is 19.2 Å². The number of carboxylic acid groups (broad SMARTS) is 1. The van der Waals surface area contributed by atoms with Crippen LogP contribution in [0, 0.1) is 0 Å². The van der Waals surface area contributed by atoms with Crippen molar-refractivity contribution in [3.8, 4) is 5.75 Å². The van der Waals surface area contributed by atoms with Crippen molar-refractivity contribution >= 4 is 36.0 Å². The summed E-state index contributed by atoms with van der Waals surface area (Å²) in [7, 11) is 1.48. The number of carbonyl (C=O) groups is 6. The molecule has 0 saturated carbocycles. The molecule has 2 atom stereocenters. The third-order valence-electron chi connectivity index (χ3n) is 5.44. The fraction of sp³-hybridized carbons (Fsp3) is 0.429. The lowest BCUT2D eigenvalue weighted by atomic mass is 10.1. The second kappa shape index (κ2) is 10.6. The molecule has 0 spiro atoms. The number of amides is 5. The van der Waals surface area contributed by atoms with Crippen LogP contribution >= 0.6 is 0 Å². The highest BCUT2D eigenvalue weighted by Gasteiger charge is 2.44. The van der Waals surface area contributed by atoms with E-state index in [0.717, 1.165) is 15.0 Å². The number of hydrogen-bond acceptors (Lipinski definition) is 7. The number of fused-ring (bicyclic) bond motifs is 1. The quantitative estimate of drug-likeness (QED) is 0.425. The molecular formula is C21H25N5O8. The van der Waals surface area contributed by atoms with Crippen LogP contribution in [0.3, 0.4) is 0 Å². The molecule has 0 aliphatic carbocycles. The summed E-state index contributed by atoms with van der Waals surface area (Å²) in [5.41, 5.74) is 2.72. The molecule has 1 aromatic carbocycles. The van der Waals surface area contributed by atoms with E-state index < -0.39 is 48.2 Å². The van der Waals surface area contributed by atoms with Gasteiger partial charge in [0.05, 0.1) is 26.1 Å². The molecular weight excluding hydrogens is 450 g/mol. The van der Waals surface area contributed by atoms with E-state index in [2.05, 4.69) is 10.7 Å². The van der Waals surface area contributed by atoms with Crippen LogP contribution in [0.25, 0.3) is 0 Å². The van der Waals surface area contributed by atoms with E-state index in [1.807, 2.05) is 0 Å². The van der Waals surface area contributed by atoms with E-state index >= 15 is 0 Å². The van der Waals surface area contributed by atoms with Crippen LogP contribution in [0.2, 0.25) is 0 Å². The molecule has 0 radical (unpaired) electrons. The van der Waals surface area contributed by atoms with Gasteiger partial charge in [-0.15, -0.1) is 0 Å². The molecule has 13 heteroatoms. The average Bonchev–Trinajstić information content (AvgIpc) is 2.95. The minimum atomic E-state index is -1.29. The topological polar surface area (TPSA) is 166 Å². The molecule has 2 saturated heterocycles. The number of methoxy groups -OCH3 is 1. The number of nitrogens with one attached hydrogen (secondary N) is 2. The zero-order valence-electron chi connectivity index (χ0n) is 18.4. The van der Waals surface area contributed by atoms with Crippen LogP contribution in [-0.2, 0) is 19.2 Å². The smallest absolute Gasteiger partial charge is 0.358 e. The number of benzene rings is 1. The molecule has 5 amide bonds. The Morgan fingerprint density at radius 1 is 1.21 bits per heavy atom. The van der Waals surface area contributed by atoms with Crippen LogP contribution in [0.15, 0.2) is 24.3 Å². The van der Waals surface area contributed by atoms with Gasteiger partial charge in [0.25, 0.3) is 5.91 Å². The first-order chi connectivity index (χ1) is 16.2. The van der Waals surface area contributed by atoms with E-state index in [0.29, 0.717) is 18.5 Å². The molecule has 0 bridgehead atoms. The maximum absolute atomic E-state index is 13.3. The predicted molar refractivity (Wildman–Crippen MR) is 114 cm³/mol. The number of ether oxygens (including phenoxy) is 1. The number of rotatable bonds is 8. The average molecular weight is 475 g/mol. The third kappa shape index (κ3) is 5.42. The fourth-order valence-electron chi connectivity index (χ4n) is 3.75. The lowest BCUT2D eigenvalue weighted by molar-refractivity contribution is -0.155. The van der Waals surface area contributed by atoms with Gasteiger partial charge in [-0.25, -0.2) is 19.8 Å². The maximum Gasteiger partial charge on any atom is 0.358 e. The second-order valence-corrected chi connectivity index (χ2v) is 7.72. The lowest BCUT2D eigenvalue weighted by Gasteiger charge is -2.42. The summed E-state index contributed by atoms with van der Waals surface area (Å²) >= 11 is 0. The summed E-state index contributed by atoms with van der Waals surface area (Å²) in [5.74, 6) is -2.52. The third-order valence-corrected chi connectivity index (χ3v) is 5.44. The first kappa shape index (κ1) is 24.5. The SMILES string of the molecule is COc1ccc(C(=O)NN2CCC(=O)N3CCC[C@@H](C(=O)N[C@H](C=O)CC(=O)O)N3C2=O)cc1. The Morgan fingerprint density at radius 3 is 2.53 bits per heavy atom. The Balaban J connectivity index is 1.79. The standard InChI is InChI=1S/C21H25N5O8/c1-34-15-6-4-13(5-7-15)19(31)23-24-10-8-17(28)25-9-2-3-16(26(25)21(24)33)20(32)22-14(12-27)11-18(29)30/h4-7,12,14,16H,2-3,8-11H2,1H3,(H,22,32)(H,23,31)(H,29,30)/t14-,16-/m0/s1. The molecule has 3 N–H and O–H groups in total. The van der Waals surface area contributed by atoms with Crippen LogP contribution in [0.4, 0.5) is 4.79 Å². The zero-order valence-corrected chi connectivity index (χ0v) is 18.4. The summed E-state index contributed by atoms with van der Waals surface area (Å²) < 4.78 is 5.06. The first-order valence-electron chi connectivity index (χ1n) is 10.6. The summed E-state index contributed by atoms with van der Waals surface area (Å²) in [6.07, 6.45) is 0.179. The second-order valence-electron chi connectivity index (χ2n) is 7.72. The Kier molecular flexibility index (Phi) is 7.66. The predicted octanol–water partition coefficient (Wildman–Crippen LogP) is -0.468. The van der Waals surface area contributed by atoms with Crippen molar-refractivity contribution < 1.29 is 38.6 Å². The summed E-state index contributed by atoms with van der Waals surface area (Å²) in [4.78, 5) is 73.6. The molecule has 2 aliphatic heterocycles. The molecule has 2 heterocycles. The molecule has 34 heavy (non-hydrogen) atoms. The van der Waals surface area contributed by atoms with E-state index in [9.17, 15) is 28.8 Å². The van der Waals surface area contributed by atoms with E-state index in [4.69, 9.17) is 9.84 Å². The number of aldehydes is 1. The summed E-state index contributed by atoms with van der Waals surface area (Å²) in [6.45, 7) is 0.0811. The largest absolute Gasteiger partial charge is 0.497 e. The van der Waals surface area contributed by atoms with E-state index in [1.54, 1.807) is 12.1 Å². The van der Waals surface area contributed by atoms with Gasteiger partial charge >= 0.3 is 12.0 Å². The van der Waals surface area contributed by atoms with Gasteiger partial charge in [0.2, 0.25) is 11.8 Å². The Labute approximate surface area is 194 Å². The van der Waals surface area contributed by atoms with Gasteiger partial charge in [-0.3, -0.25) is 24.6 Å². The van der Waals surface area contributed by atoms with Gasteiger partial charge in [0, 0.05) is 18.5 Å². The van der Waals surface area contributed by atoms with Crippen molar-refractivity contribution in [1.82, 2.24) is 25.8 Å². The number of urea groups is 1. The monoisotopic (exact) mass is 475 g/mol. The normalized spacial score (nSPS) is 19.0. The van der Waals surface area contributed by atoms with Crippen LogP contribution in [0.5, 0.6) is 5.75 Å². The van der Waals surface area contributed by atoms with Gasteiger partial charge in [0.1, 0.15) is 18.1 Å². The van der Waals surface area contributed by atoms with Crippen molar-refractivity contribution in [3.05, 3.63) is 29.8 Å². The van der Waals surface area contributed by atoms with Crippen LogP contribution in [-0.4, -0.2) is 88.4 Å². The number of nitrogens with zero attached hydrogens (tertiary/aromatic N) is 3. The van der Waals surface area contributed by atoms with Crippen LogP contribution in [0.1, 0.15) is 36.0 Å². The van der Waals surface area contributed by atoms with E-state index in [-0.39, 0.29) is 31.5 Å². The minimum Gasteiger partial charge on any atom is -0.497 e. The molecule has 3 rings (SSSR count). The summed E-state index contributed by atoms with van der Waals surface area (Å²) in [6, 6.07) is 2.92. The highest BCUT2D eigenvalue weighted by atomic mass is 16.5. The Hall–Kier alpha value is -4.16. The molecule has 0 aromatic heterocycles. The number of aliphatic carboxylic acids is 1. The number of carbonyl (C=O) groups excluding carboxylic acids is 5. The van der Waals surface area contributed by atoms with Gasteiger partial charge in [-0.2, -0.15) is 0 Å². The molecule has 2 aliphatic rings. The number of carboxylic acids is 1. The van der Waals surface area contributed by atoms with Gasteiger partial charge < -0.3 is 20.0 Å². The lowest BCUT2D eigenvalue weighted by Crippen LogP contribution is -2.64. The number of hydrazine groups is 2. The highest BCUT2D eigenvalue weighted by Crippen LogP contribution is 2.24. The molecule has 0 unspecified atom stereocenters. The van der Waals surface area contributed by atoms with Crippen molar-refractivity contribution in [3.63, 3.8) is 0 Å². The molecule has 182 valence electrons. The van der Waals surface area contributed by atoms with Gasteiger partial charge in [-0.05, 0) is 37.1 Å². The molecule has 13 nitrogen and oxygen atoms in total. The first-order valence-corrected chi connectivity index (χ1v) is 10.6. The minimum absolute atomic E-state index is 0.0878.